The van der Waals surface area contributed by atoms with Gasteiger partial charge in [-0.3, -0.25) is 0 Å². The zero-order valence-corrected chi connectivity index (χ0v) is 12.6. The fraction of sp³-hybridized carbons (Fsp3) is 0.375. The van der Waals surface area contributed by atoms with Gasteiger partial charge in [-0.05, 0) is 44.0 Å². The van der Waals surface area contributed by atoms with Crippen molar-refractivity contribution in [3.8, 4) is 11.6 Å². The van der Waals surface area contributed by atoms with E-state index < -0.39 is 0 Å². The van der Waals surface area contributed by atoms with E-state index in [0.717, 1.165) is 31.6 Å². The number of nitrogens with one attached hydrogen (secondary N) is 1. The molecular weight excluding hydrogens is 280 g/mol. The number of benzene rings is 1. The summed E-state index contributed by atoms with van der Waals surface area (Å²) in [7, 11) is 0. The third-order valence-corrected chi connectivity index (χ3v) is 3.57. The monoisotopic (exact) mass is 300 g/mol. The Morgan fingerprint density at radius 2 is 1.95 bits per heavy atom. The van der Waals surface area contributed by atoms with Gasteiger partial charge in [-0.2, -0.15) is 4.98 Å². The number of rotatable bonds is 4. The fourth-order valence-corrected chi connectivity index (χ4v) is 2.27. The second kappa shape index (κ2) is 6.62. The number of aryl methyl sites for hydroxylation is 1. The van der Waals surface area contributed by atoms with Crippen molar-refractivity contribution in [2.45, 2.75) is 25.8 Å². The summed E-state index contributed by atoms with van der Waals surface area (Å²) in [5, 5.41) is 3.34. The van der Waals surface area contributed by atoms with Crippen molar-refractivity contribution < 1.29 is 9.47 Å². The molecule has 3 N–H and O–H groups in total. The van der Waals surface area contributed by atoms with Crippen LogP contribution in [0, 0.1) is 6.92 Å². The summed E-state index contributed by atoms with van der Waals surface area (Å²) in [5.74, 6) is 1.84. The van der Waals surface area contributed by atoms with Crippen LogP contribution in [0.1, 0.15) is 18.4 Å². The summed E-state index contributed by atoms with van der Waals surface area (Å²) < 4.78 is 11.2. The molecule has 2 aromatic rings. The highest BCUT2D eigenvalue weighted by Gasteiger charge is 2.15. The molecule has 1 aromatic heterocycles. The Morgan fingerprint density at radius 1 is 1.23 bits per heavy atom. The molecular formula is C16H20N4O2. The molecule has 0 amide bonds. The van der Waals surface area contributed by atoms with Crippen molar-refractivity contribution >= 4 is 11.6 Å². The molecule has 0 saturated carbocycles. The molecule has 1 aromatic carbocycles. The lowest BCUT2D eigenvalue weighted by atomic mass is 10.1. The quantitative estimate of drug-likeness (QED) is 0.845. The number of ether oxygens (including phenoxy) is 2. The SMILES string of the molecule is Cc1cnc(NC2CCOCC2)nc1Oc1ccc(N)cc1. The predicted molar refractivity (Wildman–Crippen MR) is 85.2 cm³/mol. The van der Waals surface area contributed by atoms with Crippen LogP contribution in [0.25, 0.3) is 0 Å². The Kier molecular flexibility index (Phi) is 4.39. The summed E-state index contributed by atoms with van der Waals surface area (Å²) in [6.45, 7) is 3.47. The molecule has 1 fully saturated rings. The number of nitrogens with zero attached hydrogens (tertiary/aromatic N) is 2. The van der Waals surface area contributed by atoms with Crippen molar-refractivity contribution in [2.24, 2.45) is 0 Å². The van der Waals surface area contributed by atoms with Gasteiger partial charge in [0, 0.05) is 36.7 Å². The topological polar surface area (TPSA) is 82.3 Å². The van der Waals surface area contributed by atoms with Crippen LogP contribution >= 0.6 is 0 Å². The smallest absolute Gasteiger partial charge is 0.226 e. The molecule has 1 aliphatic heterocycles. The van der Waals surface area contributed by atoms with Gasteiger partial charge in [0.05, 0.1) is 0 Å². The summed E-state index contributed by atoms with van der Waals surface area (Å²) >= 11 is 0. The average Bonchev–Trinajstić information content (AvgIpc) is 2.54. The van der Waals surface area contributed by atoms with Crippen LogP contribution in [0.3, 0.4) is 0 Å². The highest BCUT2D eigenvalue weighted by Crippen LogP contribution is 2.24. The molecule has 0 spiro atoms. The van der Waals surface area contributed by atoms with E-state index in [1.165, 1.54) is 0 Å². The Bertz CT molecular complexity index is 625. The van der Waals surface area contributed by atoms with Gasteiger partial charge in [0.2, 0.25) is 11.8 Å². The predicted octanol–water partition coefficient (Wildman–Crippen LogP) is 2.75. The van der Waals surface area contributed by atoms with Gasteiger partial charge in [0.15, 0.2) is 0 Å². The average molecular weight is 300 g/mol. The number of hydrogen-bond acceptors (Lipinski definition) is 6. The van der Waals surface area contributed by atoms with Crippen LogP contribution in [0.2, 0.25) is 0 Å². The van der Waals surface area contributed by atoms with Crippen molar-refractivity contribution in [3.05, 3.63) is 36.0 Å². The van der Waals surface area contributed by atoms with Crippen LogP contribution in [0.5, 0.6) is 11.6 Å². The Labute approximate surface area is 129 Å². The third kappa shape index (κ3) is 3.65. The van der Waals surface area contributed by atoms with E-state index >= 15 is 0 Å². The summed E-state index contributed by atoms with van der Waals surface area (Å²) in [6.07, 6.45) is 3.69. The van der Waals surface area contributed by atoms with E-state index in [-0.39, 0.29) is 0 Å². The minimum atomic E-state index is 0.348. The molecule has 3 rings (SSSR count). The normalized spacial score (nSPS) is 15.5. The first-order chi connectivity index (χ1) is 10.7. The van der Waals surface area contributed by atoms with E-state index in [0.29, 0.717) is 29.3 Å². The minimum absolute atomic E-state index is 0.348. The van der Waals surface area contributed by atoms with Crippen molar-refractivity contribution in [1.29, 1.82) is 0 Å². The van der Waals surface area contributed by atoms with E-state index in [2.05, 4.69) is 15.3 Å². The summed E-state index contributed by atoms with van der Waals surface area (Å²) in [5.41, 5.74) is 7.26. The molecule has 6 nitrogen and oxygen atoms in total. The molecule has 22 heavy (non-hydrogen) atoms. The van der Waals surface area contributed by atoms with Crippen LogP contribution in [0.15, 0.2) is 30.5 Å². The Balaban J connectivity index is 1.73. The molecule has 6 heteroatoms. The van der Waals surface area contributed by atoms with Gasteiger partial charge in [0.1, 0.15) is 5.75 Å². The number of hydrogen-bond donors (Lipinski definition) is 2. The molecule has 1 saturated heterocycles. The minimum Gasteiger partial charge on any atom is -0.439 e. The van der Waals surface area contributed by atoms with Crippen LogP contribution in [0.4, 0.5) is 11.6 Å². The first-order valence-corrected chi connectivity index (χ1v) is 7.42. The van der Waals surface area contributed by atoms with E-state index in [4.69, 9.17) is 15.2 Å². The van der Waals surface area contributed by atoms with Crippen molar-refractivity contribution in [3.63, 3.8) is 0 Å². The van der Waals surface area contributed by atoms with Crippen LogP contribution in [-0.2, 0) is 4.74 Å². The van der Waals surface area contributed by atoms with Gasteiger partial charge < -0.3 is 20.5 Å². The summed E-state index contributed by atoms with van der Waals surface area (Å²) in [6, 6.07) is 7.59. The molecule has 2 heterocycles. The largest absolute Gasteiger partial charge is 0.439 e. The van der Waals surface area contributed by atoms with Crippen molar-refractivity contribution in [2.75, 3.05) is 24.3 Å². The van der Waals surface area contributed by atoms with Crippen LogP contribution in [-0.4, -0.2) is 29.2 Å². The Morgan fingerprint density at radius 3 is 2.68 bits per heavy atom. The maximum Gasteiger partial charge on any atom is 0.226 e. The lowest BCUT2D eigenvalue weighted by molar-refractivity contribution is 0.0903. The molecule has 0 bridgehead atoms. The fourth-order valence-electron chi connectivity index (χ4n) is 2.27. The highest BCUT2D eigenvalue weighted by atomic mass is 16.5. The maximum absolute atomic E-state index is 5.82. The first-order valence-electron chi connectivity index (χ1n) is 7.42. The Hall–Kier alpha value is -2.34. The lowest BCUT2D eigenvalue weighted by Crippen LogP contribution is -2.28. The molecule has 0 aliphatic carbocycles. The molecule has 0 radical (unpaired) electrons. The van der Waals surface area contributed by atoms with E-state index in [1.54, 1.807) is 18.3 Å². The van der Waals surface area contributed by atoms with Gasteiger partial charge in [-0.1, -0.05) is 0 Å². The van der Waals surface area contributed by atoms with Crippen molar-refractivity contribution in [1.82, 2.24) is 9.97 Å². The number of anilines is 2. The van der Waals surface area contributed by atoms with Gasteiger partial charge >= 0.3 is 0 Å². The van der Waals surface area contributed by atoms with Crippen LogP contribution < -0.4 is 15.8 Å². The second-order valence-corrected chi connectivity index (χ2v) is 5.38. The lowest BCUT2D eigenvalue weighted by Gasteiger charge is -2.23. The number of nitrogens with two attached hydrogens (primary N) is 1. The first kappa shape index (κ1) is 14.6. The third-order valence-electron chi connectivity index (χ3n) is 3.57. The molecule has 0 unspecified atom stereocenters. The molecule has 0 atom stereocenters. The van der Waals surface area contributed by atoms with E-state index in [1.807, 2.05) is 19.1 Å². The number of nitrogen functional groups attached to an aromatic ring is 1. The van der Waals surface area contributed by atoms with Gasteiger partial charge in [0.25, 0.3) is 0 Å². The standard InChI is InChI=1S/C16H20N4O2/c1-11-10-18-16(19-13-6-8-21-9-7-13)20-15(11)22-14-4-2-12(17)3-5-14/h2-5,10,13H,6-9,17H2,1H3,(H,18,19,20). The summed E-state index contributed by atoms with van der Waals surface area (Å²) in [4.78, 5) is 8.79. The van der Waals surface area contributed by atoms with Gasteiger partial charge in [-0.15, -0.1) is 0 Å². The van der Waals surface area contributed by atoms with E-state index in [9.17, 15) is 0 Å². The zero-order valence-electron chi connectivity index (χ0n) is 12.6. The van der Waals surface area contributed by atoms with Gasteiger partial charge in [-0.25, -0.2) is 4.98 Å². The second-order valence-electron chi connectivity index (χ2n) is 5.38. The maximum atomic E-state index is 5.82. The highest BCUT2D eigenvalue weighted by molar-refractivity contribution is 5.43. The number of aromatic nitrogens is 2. The molecule has 116 valence electrons. The molecule has 1 aliphatic rings. The zero-order chi connectivity index (χ0) is 15.4.